The topological polar surface area (TPSA) is 77.8 Å². The number of nitrogens with one attached hydrogen (secondary N) is 2. The van der Waals surface area contributed by atoms with Gasteiger partial charge in [0.25, 0.3) is 11.8 Å². The Hall–Kier alpha value is -3.42. The van der Waals surface area contributed by atoms with Crippen LogP contribution in [0.5, 0.6) is 0 Å². The van der Waals surface area contributed by atoms with Gasteiger partial charge < -0.3 is 20.0 Å². The van der Waals surface area contributed by atoms with Gasteiger partial charge in [0.05, 0.1) is 12.3 Å². The Morgan fingerprint density at radius 2 is 1.73 bits per heavy atom. The Labute approximate surface area is 194 Å². The lowest BCUT2D eigenvalue weighted by atomic mass is 10.0. The van der Waals surface area contributed by atoms with E-state index in [1.165, 1.54) is 6.26 Å². The first kappa shape index (κ1) is 22.8. The fourth-order valence-corrected chi connectivity index (χ4v) is 3.94. The third kappa shape index (κ3) is 5.88. The van der Waals surface area contributed by atoms with E-state index >= 15 is 0 Å². The molecule has 1 aliphatic rings. The Morgan fingerprint density at radius 3 is 2.42 bits per heavy atom. The monoisotopic (exact) mass is 446 g/mol. The highest BCUT2D eigenvalue weighted by molar-refractivity contribution is 6.04. The van der Waals surface area contributed by atoms with Crippen LogP contribution in [-0.4, -0.2) is 61.4 Å². The van der Waals surface area contributed by atoms with Gasteiger partial charge in [-0.15, -0.1) is 0 Å². The average Bonchev–Trinajstić information content (AvgIpc) is 3.37. The first-order chi connectivity index (χ1) is 16.0. The molecule has 2 N–H and O–H groups in total. The summed E-state index contributed by atoms with van der Waals surface area (Å²) in [6.45, 7) is 6.63. The van der Waals surface area contributed by atoms with E-state index in [2.05, 4.69) is 27.5 Å². The molecule has 0 saturated carbocycles. The maximum Gasteiger partial charge on any atom is 0.291 e. The number of hydrogen-bond acceptors (Lipinski definition) is 5. The number of rotatable bonds is 7. The lowest BCUT2D eigenvalue weighted by Gasteiger charge is -2.35. The molecule has 3 aromatic rings. The molecule has 1 atom stereocenters. The van der Waals surface area contributed by atoms with Crippen molar-refractivity contribution in [3.05, 3.63) is 89.4 Å². The van der Waals surface area contributed by atoms with Crippen LogP contribution in [0.25, 0.3) is 0 Å². The van der Waals surface area contributed by atoms with Gasteiger partial charge in [-0.2, -0.15) is 0 Å². The molecule has 1 unspecified atom stereocenters. The molecule has 172 valence electrons. The fourth-order valence-electron chi connectivity index (χ4n) is 3.94. The Kier molecular flexibility index (Phi) is 7.22. The second-order valence-corrected chi connectivity index (χ2v) is 8.50. The maximum atomic E-state index is 13.2. The summed E-state index contributed by atoms with van der Waals surface area (Å²) in [5, 5.41) is 6.05. The summed E-state index contributed by atoms with van der Waals surface area (Å²) < 4.78 is 5.17. The zero-order valence-corrected chi connectivity index (χ0v) is 19.1. The lowest BCUT2D eigenvalue weighted by Crippen LogP contribution is -2.47. The van der Waals surface area contributed by atoms with Gasteiger partial charge in [-0.05, 0) is 49.4 Å². The first-order valence-electron chi connectivity index (χ1n) is 11.2. The molecule has 7 nitrogen and oxygen atoms in total. The van der Waals surface area contributed by atoms with Crippen LogP contribution >= 0.6 is 0 Å². The molecule has 0 spiro atoms. The van der Waals surface area contributed by atoms with E-state index in [9.17, 15) is 9.59 Å². The van der Waals surface area contributed by atoms with Crippen LogP contribution in [0.3, 0.4) is 0 Å². The number of benzene rings is 2. The Balaban J connectivity index is 1.49. The first-order valence-corrected chi connectivity index (χ1v) is 11.2. The number of nitrogens with zero attached hydrogens (tertiary/aromatic N) is 2. The summed E-state index contributed by atoms with van der Waals surface area (Å²) in [5.41, 5.74) is 3.01. The van der Waals surface area contributed by atoms with Crippen molar-refractivity contribution in [1.82, 2.24) is 15.1 Å². The zero-order chi connectivity index (χ0) is 23.2. The number of hydrogen-bond donors (Lipinski definition) is 2. The number of furan rings is 1. The largest absolute Gasteiger partial charge is 0.459 e. The van der Waals surface area contributed by atoms with Crippen LogP contribution in [0, 0.1) is 6.92 Å². The highest BCUT2D eigenvalue weighted by Crippen LogP contribution is 2.21. The lowest BCUT2D eigenvalue weighted by molar-refractivity contribution is 0.0906. The van der Waals surface area contributed by atoms with Gasteiger partial charge in [0, 0.05) is 44.0 Å². The van der Waals surface area contributed by atoms with Crippen LogP contribution < -0.4 is 10.6 Å². The molecule has 1 fully saturated rings. The van der Waals surface area contributed by atoms with Crippen molar-refractivity contribution in [2.24, 2.45) is 0 Å². The molecule has 33 heavy (non-hydrogen) atoms. The Bertz CT molecular complexity index is 1070. The summed E-state index contributed by atoms with van der Waals surface area (Å²) >= 11 is 0. The molecule has 4 rings (SSSR count). The van der Waals surface area contributed by atoms with Gasteiger partial charge >= 0.3 is 0 Å². The van der Waals surface area contributed by atoms with E-state index in [1.54, 1.807) is 24.3 Å². The summed E-state index contributed by atoms with van der Waals surface area (Å²) in [6, 6.07) is 18.5. The summed E-state index contributed by atoms with van der Waals surface area (Å²) in [6.07, 6.45) is 1.45. The van der Waals surface area contributed by atoms with E-state index in [4.69, 9.17) is 4.42 Å². The quantitative estimate of drug-likeness (QED) is 0.580. The summed E-state index contributed by atoms with van der Waals surface area (Å²) in [7, 11) is 2.13. The summed E-state index contributed by atoms with van der Waals surface area (Å²) in [5.74, 6) is -0.301. The molecule has 0 bridgehead atoms. The molecular formula is C26H30N4O3. The smallest absolute Gasteiger partial charge is 0.291 e. The second-order valence-electron chi connectivity index (χ2n) is 8.50. The standard InChI is InChI=1S/C26H30N4O3/c1-19-10-11-21(17-22(19)27-26(32)24-9-6-16-33-24)25(31)28-23(20-7-4-3-5-8-20)18-30-14-12-29(2)13-15-30/h3-11,16-17,23H,12-15,18H2,1-2H3,(H,27,32)(H,28,31). The van der Waals surface area contributed by atoms with Crippen molar-refractivity contribution in [2.45, 2.75) is 13.0 Å². The second kappa shape index (κ2) is 10.5. The Morgan fingerprint density at radius 1 is 0.970 bits per heavy atom. The van der Waals surface area contributed by atoms with Crippen LogP contribution in [0.1, 0.15) is 38.1 Å². The molecule has 2 heterocycles. The predicted octanol–water partition coefficient (Wildman–Crippen LogP) is 3.56. The normalized spacial score (nSPS) is 15.7. The number of carbonyl (C=O) groups excluding carboxylic acids is 2. The van der Waals surface area contributed by atoms with Crippen LogP contribution in [0.2, 0.25) is 0 Å². The van der Waals surface area contributed by atoms with Crippen LogP contribution in [0.4, 0.5) is 5.69 Å². The third-order valence-corrected chi connectivity index (χ3v) is 6.04. The van der Waals surface area contributed by atoms with Crippen LogP contribution in [0.15, 0.2) is 71.3 Å². The van der Waals surface area contributed by atoms with Gasteiger partial charge in [-0.1, -0.05) is 36.4 Å². The predicted molar refractivity (Wildman–Crippen MR) is 128 cm³/mol. The van der Waals surface area contributed by atoms with Gasteiger partial charge in [-0.3, -0.25) is 14.5 Å². The molecule has 1 aliphatic heterocycles. The van der Waals surface area contributed by atoms with E-state index in [-0.39, 0.29) is 23.6 Å². The molecular weight excluding hydrogens is 416 g/mol. The van der Waals surface area contributed by atoms with Crippen LogP contribution in [-0.2, 0) is 0 Å². The van der Waals surface area contributed by atoms with Crippen molar-refractivity contribution in [3.63, 3.8) is 0 Å². The maximum absolute atomic E-state index is 13.2. The average molecular weight is 447 g/mol. The fraction of sp³-hybridized carbons (Fsp3) is 0.308. The number of amides is 2. The molecule has 7 heteroatoms. The van der Waals surface area contributed by atoms with Crippen molar-refractivity contribution in [1.29, 1.82) is 0 Å². The number of aryl methyl sites for hydroxylation is 1. The zero-order valence-electron chi connectivity index (χ0n) is 19.1. The molecule has 1 saturated heterocycles. The van der Waals surface area contributed by atoms with E-state index < -0.39 is 0 Å². The minimum atomic E-state index is -0.349. The van der Waals surface area contributed by atoms with Gasteiger partial charge in [0.2, 0.25) is 0 Å². The number of likely N-dealkylation sites (N-methyl/N-ethyl adjacent to an activating group) is 1. The molecule has 0 aliphatic carbocycles. The van der Waals surface area contributed by atoms with Crippen molar-refractivity contribution in [2.75, 3.05) is 45.1 Å². The van der Waals surface area contributed by atoms with E-state index in [0.29, 0.717) is 11.3 Å². The highest BCUT2D eigenvalue weighted by Gasteiger charge is 2.22. The third-order valence-electron chi connectivity index (χ3n) is 6.04. The van der Waals surface area contributed by atoms with Crippen molar-refractivity contribution in [3.8, 4) is 0 Å². The van der Waals surface area contributed by atoms with Gasteiger partial charge in [0.1, 0.15) is 0 Å². The number of piperazine rings is 1. The summed E-state index contributed by atoms with van der Waals surface area (Å²) in [4.78, 5) is 30.3. The van der Waals surface area contributed by atoms with E-state index in [1.807, 2.05) is 43.3 Å². The van der Waals surface area contributed by atoms with Gasteiger partial charge in [0.15, 0.2) is 5.76 Å². The van der Waals surface area contributed by atoms with Gasteiger partial charge in [-0.25, -0.2) is 0 Å². The van der Waals surface area contributed by atoms with E-state index in [0.717, 1.165) is 43.9 Å². The molecule has 1 aromatic heterocycles. The minimum absolute atomic E-state index is 0.135. The molecule has 0 radical (unpaired) electrons. The molecule has 2 aromatic carbocycles. The molecule has 2 amide bonds. The van der Waals surface area contributed by atoms with Crippen molar-refractivity contribution < 1.29 is 14.0 Å². The minimum Gasteiger partial charge on any atom is -0.459 e. The van der Waals surface area contributed by atoms with Crippen molar-refractivity contribution >= 4 is 17.5 Å². The number of carbonyl (C=O) groups is 2. The SMILES string of the molecule is Cc1ccc(C(=O)NC(CN2CCN(C)CC2)c2ccccc2)cc1NC(=O)c1ccco1. The number of anilines is 1. The highest BCUT2D eigenvalue weighted by atomic mass is 16.3.